The molecule has 0 atom stereocenters. The number of halogens is 2. The van der Waals surface area contributed by atoms with Gasteiger partial charge >= 0.3 is 5.97 Å². The molecule has 5 heteroatoms. The SMILES string of the molecule is COC(=O)c1nc2cc(Cl)c(Cl)cc2c(C2CC2)c1-c1ccccc1. The molecule has 0 radical (unpaired) electrons. The second-order valence-corrected chi connectivity index (χ2v) is 6.98. The molecule has 0 aliphatic heterocycles. The lowest BCUT2D eigenvalue weighted by Gasteiger charge is -2.17. The first-order valence-electron chi connectivity index (χ1n) is 8.06. The maximum Gasteiger partial charge on any atom is 0.357 e. The molecule has 3 aromatic rings. The predicted octanol–water partition coefficient (Wildman–Crippen LogP) is 5.87. The van der Waals surface area contributed by atoms with Crippen molar-refractivity contribution in [2.24, 2.45) is 0 Å². The van der Waals surface area contributed by atoms with Gasteiger partial charge in [0.2, 0.25) is 0 Å². The molecular weight excluding hydrogens is 357 g/mol. The minimum atomic E-state index is -0.450. The van der Waals surface area contributed by atoms with Crippen LogP contribution >= 0.6 is 23.2 Å². The smallest absolute Gasteiger partial charge is 0.357 e. The number of hydrogen-bond donors (Lipinski definition) is 0. The van der Waals surface area contributed by atoms with E-state index in [1.807, 2.05) is 36.4 Å². The Bertz CT molecular complexity index is 982. The molecule has 1 aliphatic rings. The van der Waals surface area contributed by atoms with E-state index in [-0.39, 0.29) is 0 Å². The summed E-state index contributed by atoms with van der Waals surface area (Å²) in [6.45, 7) is 0. The molecule has 3 nitrogen and oxygen atoms in total. The van der Waals surface area contributed by atoms with Crippen LogP contribution in [-0.4, -0.2) is 18.1 Å². The average molecular weight is 372 g/mol. The van der Waals surface area contributed by atoms with E-state index in [1.54, 1.807) is 6.07 Å². The molecular formula is C20H15Cl2NO2. The maximum absolute atomic E-state index is 12.5. The highest BCUT2D eigenvalue weighted by molar-refractivity contribution is 6.42. The van der Waals surface area contributed by atoms with Crippen LogP contribution < -0.4 is 0 Å². The van der Waals surface area contributed by atoms with Gasteiger partial charge in [-0.1, -0.05) is 53.5 Å². The zero-order valence-corrected chi connectivity index (χ0v) is 15.1. The Kier molecular flexibility index (Phi) is 4.14. The Morgan fingerprint density at radius 1 is 1.12 bits per heavy atom. The van der Waals surface area contributed by atoms with E-state index in [4.69, 9.17) is 27.9 Å². The number of carbonyl (C=O) groups excluding carboxylic acids is 1. The van der Waals surface area contributed by atoms with Crippen molar-refractivity contribution < 1.29 is 9.53 Å². The first-order chi connectivity index (χ1) is 12.1. The van der Waals surface area contributed by atoms with Crippen LogP contribution in [0.5, 0.6) is 0 Å². The van der Waals surface area contributed by atoms with Crippen LogP contribution in [-0.2, 0) is 4.74 Å². The van der Waals surface area contributed by atoms with Crippen molar-refractivity contribution in [1.82, 2.24) is 4.98 Å². The van der Waals surface area contributed by atoms with E-state index in [2.05, 4.69) is 4.98 Å². The van der Waals surface area contributed by atoms with Crippen LogP contribution in [0.1, 0.15) is 34.8 Å². The normalized spacial score (nSPS) is 13.9. The van der Waals surface area contributed by atoms with Crippen molar-refractivity contribution in [3.63, 3.8) is 0 Å². The minimum Gasteiger partial charge on any atom is -0.464 e. The zero-order chi connectivity index (χ0) is 17.6. The third-order valence-corrected chi connectivity index (χ3v) is 5.22. The summed E-state index contributed by atoms with van der Waals surface area (Å²) < 4.78 is 5.00. The van der Waals surface area contributed by atoms with Crippen LogP contribution in [0.15, 0.2) is 42.5 Å². The van der Waals surface area contributed by atoms with E-state index in [0.29, 0.717) is 27.2 Å². The Morgan fingerprint density at radius 3 is 2.44 bits per heavy atom. The largest absolute Gasteiger partial charge is 0.464 e. The first-order valence-corrected chi connectivity index (χ1v) is 8.82. The summed E-state index contributed by atoms with van der Waals surface area (Å²) in [4.78, 5) is 17.0. The number of fused-ring (bicyclic) bond motifs is 1. The van der Waals surface area contributed by atoms with E-state index in [0.717, 1.165) is 34.9 Å². The van der Waals surface area contributed by atoms with Gasteiger partial charge in [-0.15, -0.1) is 0 Å². The fraction of sp³-hybridized carbons (Fsp3) is 0.200. The second kappa shape index (κ2) is 6.32. The number of rotatable bonds is 3. The van der Waals surface area contributed by atoms with Gasteiger partial charge in [0.05, 0.1) is 22.7 Å². The molecule has 1 aliphatic carbocycles. The minimum absolute atomic E-state index is 0.321. The molecule has 0 bridgehead atoms. The summed E-state index contributed by atoms with van der Waals surface area (Å²) in [5.74, 6) is -0.0601. The third kappa shape index (κ3) is 2.88. The number of aromatic nitrogens is 1. The maximum atomic E-state index is 12.5. The Balaban J connectivity index is 2.14. The van der Waals surface area contributed by atoms with Gasteiger partial charge in [-0.3, -0.25) is 0 Å². The highest BCUT2D eigenvalue weighted by Gasteiger charge is 2.32. The van der Waals surface area contributed by atoms with Gasteiger partial charge in [-0.05, 0) is 42.0 Å². The Hall–Kier alpha value is -2.10. The van der Waals surface area contributed by atoms with Crippen LogP contribution in [0.25, 0.3) is 22.0 Å². The summed E-state index contributed by atoms with van der Waals surface area (Å²) in [5, 5.41) is 1.86. The number of methoxy groups -OCH3 is 1. The molecule has 126 valence electrons. The number of benzene rings is 2. The molecule has 0 amide bonds. The zero-order valence-electron chi connectivity index (χ0n) is 13.6. The number of nitrogens with zero attached hydrogens (tertiary/aromatic N) is 1. The van der Waals surface area contributed by atoms with Gasteiger partial charge in [-0.2, -0.15) is 0 Å². The molecule has 1 fully saturated rings. The molecule has 4 rings (SSSR count). The standard InChI is InChI=1S/C20H15Cl2NO2/c1-25-20(24)19-18(11-5-3-2-4-6-11)17(12-7-8-12)13-9-14(21)15(22)10-16(13)23-19/h2-6,9-10,12H,7-8H2,1H3. The lowest BCUT2D eigenvalue weighted by molar-refractivity contribution is 0.0595. The van der Waals surface area contributed by atoms with Crippen molar-refractivity contribution in [3.05, 3.63) is 63.8 Å². The molecule has 1 aromatic heterocycles. The first kappa shape index (κ1) is 16.4. The third-order valence-electron chi connectivity index (χ3n) is 4.49. The van der Waals surface area contributed by atoms with Crippen molar-refractivity contribution >= 4 is 40.1 Å². The summed E-state index contributed by atoms with van der Waals surface area (Å²) in [6.07, 6.45) is 2.17. The van der Waals surface area contributed by atoms with E-state index in [1.165, 1.54) is 7.11 Å². The summed E-state index contributed by atoms with van der Waals surface area (Å²) in [5.41, 5.74) is 3.87. The topological polar surface area (TPSA) is 39.2 Å². The van der Waals surface area contributed by atoms with Crippen molar-refractivity contribution in [2.45, 2.75) is 18.8 Å². The quantitative estimate of drug-likeness (QED) is 0.540. The van der Waals surface area contributed by atoms with E-state index >= 15 is 0 Å². The lowest BCUT2D eigenvalue weighted by Crippen LogP contribution is -2.09. The summed E-state index contributed by atoms with van der Waals surface area (Å²) in [7, 11) is 1.37. The Morgan fingerprint density at radius 2 is 1.80 bits per heavy atom. The van der Waals surface area contributed by atoms with Crippen molar-refractivity contribution in [3.8, 4) is 11.1 Å². The van der Waals surface area contributed by atoms with Gasteiger partial charge in [0, 0.05) is 10.9 Å². The summed E-state index contributed by atoms with van der Waals surface area (Å²) in [6, 6.07) is 13.4. The lowest BCUT2D eigenvalue weighted by atomic mass is 9.91. The van der Waals surface area contributed by atoms with E-state index in [9.17, 15) is 4.79 Å². The van der Waals surface area contributed by atoms with Gasteiger partial charge in [0.1, 0.15) is 0 Å². The van der Waals surface area contributed by atoms with Gasteiger partial charge in [0.25, 0.3) is 0 Å². The molecule has 1 heterocycles. The Labute approximate surface area is 155 Å². The molecule has 1 saturated carbocycles. The highest BCUT2D eigenvalue weighted by atomic mass is 35.5. The van der Waals surface area contributed by atoms with Gasteiger partial charge in [0.15, 0.2) is 5.69 Å². The number of pyridine rings is 1. The van der Waals surface area contributed by atoms with Crippen molar-refractivity contribution in [1.29, 1.82) is 0 Å². The highest BCUT2D eigenvalue weighted by Crippen LogP contribution is 2.49. The van der Waals surface area contributed by atoms with E-state index < -0.39 is 5.97 Å². The van der Waals surface area contributed by atoms with Gasteiger partial charge < -0.3 is 4.74 Å². The second-order valence-electron chi connectivity index (χ2n) is 6.16. The van der Waals surface area contributed by atoms with Gasteiger partial charge in [-0.25, -0.2) is 9.78 Å². The number of ether oxygens (including phenoxy) is 1. The molecule has 0 saturated heterocycles. The molecule has 0 unspecified atom stereocenters. The number of hydrogen-bond acceptors (Lipinski definition) is 3. The van der Waals surface area contributed by atoms with Crippen LogP contribution in [0.2, 0.25) is 10.0 Å². The fourth-order valence-electron chi connectivity index (χ4n) is 3.22. The predicted molar refractivity (Wildman–Crippen MR) is 101 cm³/mol. The van der Waals surface area contributed by atoms with Crippen molar-refractivity contribution in [2.75, 3.05) is 7.11 Å². The molecule has 25 heavy (non-hydrogen) atoms. The molecule has 0 N–H and O–H groups in total. The fourth-order valence-corrected chi connectivity index (χ4v) is 3.54. The monoisotopic (exact) mass is 371 g/mol. The molecule has 0 spiro atoms. The molecule has 2 aromatic carbocycles. The average Bonchev–Trinajstić information content (AvgIpc) is 3.46. The van der Waals surface area contributed by atoms with Crippen LogP contribution in [0.4, 0.5) is 0 Å². The number of esters is 1. The number of carbonyl (C=O) groups is 1. The van der Waals surface area contributed by atoms with Crippen LogP contribution in [0, 0.1) is 0 Å². The summed E-state index contributed by atoms with van der Waals surface area (Å²) >= 11 is 12.4. The van der Waals surface area contributed by atoms with Crippen LogP contribution in [0.3, 0.4) is 0 Å².